The number of carbonyl (C=O) groups excluding carboxylic acids is 1. The van der Waals surface area contributed by atoms with Crippen molar-refractivity contribution >= 4 is 52.9 Å². The van der Waals surface area contributed by atoms with Crippen LogP contribution in [0.5, 0.6) is 0 Å². The Hall–Kier alpha value is -3.02. The molecule has 0 saturated carbocycles. The van der Waals surface area contributed by atoms with Crippen molar-refractivity contribution in [3.05, 3.63) is 90.5 Å². The maximum atomic E-state index is 13.5. The molecule has 1 aliphatic rings. The average Bonchev–Trinajstić information content (AvgIpc) is 3.26. The zero-order valence-electron chi connectivity index (χ0n) is 16.2. The van der Waals surface area contributed by atoms with Crippen LogP contribution in [0, 0.1) is 0 Å². The molecule has 0 saturated heterocycles. The van der Waals surface area contributed by atoms with E-state index in [-0.39, 0.29) is 30.7 Å². The van der Waals surface area contributed by atoms with Crippen LogP contribution in [0.1, 0.15) is 16.1 Å². The SMILES string of the molecule is Cl.Cl.O=C(c1cccc2ccccc12)N1CCN(Cc2cnc[nH]2)c2ccccc21. The molecule has 0 spiro atoms. The minimum atomic E-state index is 0. The topological polar surface area (TPSA) is 52.2 Å². The van der Waals surface area contributed by atoms with Gasteiger partial charge in [0.25, 0.3) is 5.91 Å². The molecule has 0 atom stereocenters. The van der Waals surface area contributed by atoms with Gasteiger partial charge in [0, 0.05) is 24.8 Å². The van der Waals surface area contributed by atoms with E-state index in [0.717, 1.165) is 46.5 Å². The van der Waals surface area contributed by atoms with Crippen molar-refractivity contribution in [1.82, 2.24) is 9.97 Å². The van der Waals surface area contributed by atoms with E-state index >= 15 is 0 Å². The number of hydrogen-bond donors (Lipinski definition) is 1. The number of fused-ring (bicyclic) bond motifs is 2. The molecule has 0 aliphatic carbocycles. The predicted octanol–water partition coefficient (Wildman–Crippen LogP) is 5.07. The van der Waals surface area contributed by atoms with E-state index in [2.05, 4.69) is 20.9 Å². The van der Waals surface area contributed by atoms with Gasteiger partial charge in [0.2, 0.25) is 0 Å². The fraction of sp³-hybridized carbons (Fsp3) is 0.130. The molecule has 0 fully saturated rings. The number of anilines is 2. The highest BCUT2D eigenvalue weighted by molar-refractivity contribution is 6.15. The molecule has 30 heavy (non-hydrogen) atoms. The highest BCUT2D eigenvalue weighted by Crippen LogP contribution is 2.35. The lowest BCUT2D eigenvalue weighted by Crippen LogP contribution is -2.44. The number of nitrogens with zero attached hydrogens (tertiary/aromatic N) is 3. The van der Waals surface area contributed by atoms with Gasteiger partial charge in [-0.3, -0.25) is 4.79 Å². The van der Waals surface area contributed by atoms with E-state index in [1.54, 1.807) is 6.33 Å². The van der Waals surface area contributed by atoms with E-state index in [9.17, 15) is 4.79 Å². The molecular weight excluding hydrogens is 419 g/mol. The molecule has 1 aromatic heterocycles. The molecule has 1 amide bonds. The Morgan fingerprint density at radius 2 is 1.63 bits per heavy atom. The first-order valence-corrected chi connectivity index (χ1v) is 9.42. The van der Waals surface area contributed by atoms with E-state index in [0.29, 0.717) is 6.54 Å². The number of aromatic amines is 1. The fourth-order valence-electron chi connectivity index (χ4n) is 3.93. The highest BCUT2D eigenvalue weighted by atomic mass is 35.5. The monoisotopic (exact) mass is 440 g/mol. The van der Waals surface area contributed by atoms with E-state index in [4.69, 9.17) is 0 Å². The van der Waals surface area contributed by atoms with Crippen LogP contribution >= 0.6 is 24.8 Å². The first kappa shape index (κ1) is 21.7. The molecule has 4 aromatic rings. The molecule has 2 heterocycles. The zero-order chi connectivity index (χ0) is 18.9. The molecule has 0 bridgehead atoms. The molecule has 1 N–H and O–H groups in total. The van der Waals surface area contributed by atoms with Gasteiger partial charge < -0.3 is 14.8 Å². The summed E-state index contributed by atoms with van der Waals surface area (Å²) < 4.78 is 0. The van der Waals surface area contributed by atoms with Gasteiger partial charge in [-0.2, -0.15) is 0 Å². The number of rotatable bonds is 3. The lowest BCUT2D eigenvalue weighted by atomic mass is 10.0. The molecule has 5 nitrogen and oxygen atoms in total. The first-order valence-electron chi connectivity index (χ1n) is 9.42. The van der Waals surface area contributed by atoms with E-state index in [1.807, 2.05) is 71.8 Å². The second kappa shape index (κ2) is 9.20. The van der Waals surface area contributed by atoms with Crippen molar-refractivity contribution in [2.24, 2.45) is 0 Å². The number of aromatic nitrogens is 2. The Morgan fingerprint density at radius 1 is 0.900 bits per heavy atom. The lowest BCUT2D eigenvalue weighted by Gasteiger charge is -2.37. The molecule has 3 aromatic carbocycles. The number of para-hydroxylation sites is 2. The normalized spacial score (nSPS) is 12.7. The van der Waals surface area contributed by atoms with Crippen LogP contribution in [-0.2, 0) is 6.54 Å². The second-order valence-electron chi connectivity index (χ2n) is 6.97. The predicted molar refractivity (Wildman–Crippen MR) is 126 cm³/mol. The number of halogens is 2. The summed E-state index contributed by atoms with van der Waals surface area (Å²) in [5, 5.41) is 2.08. The molecule has 1 aliphatic heterocycles. The second-order valence-corrected chi connectivity index (χ2v) is 6.97. The Labute approximate surface area is 187 Å². The van der Waals surface area contributed by atoms with Crippen molar-refractivity contribution in [1.29, 1.82) is 0 Å². The molecule has 0 radical (unpaired) electrons. The Kier molecular flexibility index (Phi) is 6.65. The number of imidazole rings is 1. The summed E-state index contributed by atoms with van der Waals surface area (Å²) in [6.45, 7) is 2.16. The Bertz CT molecular complexity index is 1140. The van der Waals surface area contributed by atoms with Crippen molar-refractivity contribution in [3.8, 4) is 0 Å². The Balaban J connectivity index is 0.00000128. The largest absolute Gasteiger partial charge is 0.362 e. The van der Waals surface area contributed by atoms with E-state index < -0.39 is 0 Å². The summed E-state index contributed by atoms with van der Waals surface area (Å²) >= 11 is 0. The summed E-state index contributed by atoms with van der Waals surface area (Å²) in [6.07, 6.45) is 3.54. The smallest absolute Gasteiger partial charge is 0.259 e. The number of nitrogens with one attached hydrogen (secondary N) is 1. The van der Waals surface area contributed by atoms with E-state index in [1.165, 1.54) is 0 Å². The minimum Gasteiger partial charge on any atom is -0.362 e. The van der Waals surface area contributed by atoms with Gasteiger partial charge >= 0.3 is 0 Å². The van der Waals surface area contributed by atoms with Crippen molar-refractivity contribution in [2.75, 3.05) is 22.9 Å². The third-order valence-electron chi connectivity index (χ3n) is 5.29. The Morgan fingerprint density at radius 3 is 2.43 bits per heavy atom. The van der Waals surface area contributed by atoms with Crippen LogP contribution in [0.2, 0.25) is 0 Å². The van der Waals surface area contributed by atoms with Crippen LogP contribution in [0.25, 0.3) is 10.8 Å². The molecule has 5 rings (SSSR count). The van der Waals surface area contributed by atoms with Crippen LogP contribution < -0.4 is 9.80 Å². The van der Waals surface area contributed by atoms with Crippen LogP contribution in [-0.4, -0.2) is 29.0 Å². The van der Waals surface area contributed by atoms with Gasteiger partial charge in [-0.1, -0.05) is 48.5 Å². The van der Waals surface area contributed by atoms with Gasteiger partial charge in [-0.15, -0.1) is 24.8 Å². The third kappa shape index (κ3) is 3.86. The summed E-state index contributed by atoms with van der Waals surface area (Å²) in [6, 6.07) is 22.1. The highest BCUT2D eigenvalue weighted by Gasteiger charge is 2.28. The molecular formula is C23H22Cl2N4O. The number of amides is 1. The van der Waals surface area contributed by atoms with Gasteiger partial charge in [0.15, 0.2) is 0 Å². The molecule has 154 valence electrons. The maximum Gasteiger partial charge on any atom is 0.259 e. The van der Waals surface area contributed by atoms with Crippen LogP contribution in [0.3, 0.4) is 0 Å². The number of carbonyl (C=O) groups is 1. The van der Waals surface area contributed by atoms with Gasteiger partial charge in [0.05, 0.1) is 29.9 Å². The third-order valence-corrected chi connectivity index (χ3v) is 5.29. The molecule has 0 unspecified atom stereocenters. The summed E-state index contributed by atoms with van der Waals surface area (Å²) in [5.41, 5.74) is 3.82. The van der Waals surface area contributed by atoms with Crippen molar-refractivity contribution < 1.29 is 4.79 Å². The first-order chi connectivity index (χ1) is 13.8. The quantitative estimate of drug-likeness (QED) is 0.483. The standard InChI is InChI=1S/C23H20N4O.2ClH/c28-23(20-9-5-7-17-6-1-2-8-19(17)20)27-13-12-26(15-18-14-24-16-25-18)21-10-3-4-11-22(21)27;;/h1-11,14,16H,12-13,15H2,(H,24,25);2*1H. The van der Waals surface area contributed by atoms with Crippen LogP contribution in [0.4, 0.5) is 11.4 Å². The van der Waals surface area contributed by atoms with Gasteiger partial charge in [0.1, 0.15) is 0 Å². The summed E-state index contributed by atoms with van der Waals surface area (Å²) in [7, 11) is 0. The number of hydrogen-bond acceptors (Lipinski definition) is 3. The van der Waals surface area contributed by atoms with Gasteiger partial charge in [-0.05, 0) is 29.0 Å². The van der Waals surface area contributed by atoms with Crippen LogP contribution in [0.15, 0.2) is 79.3 Å². The minimum absolute atomic E-state index is 0. The summed E-state index contributed by atoms with van der Waals surface area (Å²) in [5.74, 6) is 0.0467. The van der Waals surface area contributed by atoms with Gasteiger partial charge in [-0.25, -0.2) is 4.98 Å². The van der Waals surface area contributed by atoms with Crippen molar-refractivity contribution in [2.45, 2.75) is 6.54 Å². The van der Waals surface area contributed by atoms with Crippen molar-refractivity contribution in [3.63, 3.8) is 0 Å². The molecule has 7 heteroatoms. The zero-order valence-corrected chi connectivity index (χ0v) is 17.8. The lowest BCUT2D eigenvalue weighted by molar-refractivity contribution is 0.0988. The summed E-state index contributed by atoms with van der Waals surface area (Å²) in [4.78, 5) is 25.0. The number of benzene rings is 3. The number of H-pyrrole nitrogens is 1. The maximum absolute atomic E-state index is 13.5. The fourth-order valence-corrected chi connectivity index (χ4v) is 3.93. The average molecular weight is 441 g/mol.